The Morgan fingerprint density at radius 1 is 1.06 bits per heavy atom. The first kappa shape index (κ1) is 23.5. The zero-order valence-electron chi connectivity index (χ0n) is 19.0. The lowest BCUT2D eigenvalue weighted by Crippen LogP contribution is -2.20. The van der Waals surface area contributed by atoms with Crippen molar-refractivity contribution in [2.45, 2.75) is 33.7 Å². The number of nitrogens with one attached hydrogen (secondary N) is 1. The predicted octanol–water partition coefficient (Wildman–Crippen LogP) is 4.12. The van der Waals surface area contributed by atoms with Crippen molar-refractivity contribution in [3.05, 3.63) is 88.2 Å². The van der Waals surface area contributed by atoms with Crippen LogP contribution in [0.25, 0.3) is 6.08 Å². The van der Waals surface area contributed by atoms with E-state index in [0.717, 1.165) is 28.1 Å². The van der Waals surface area contributed by atoms with Crippen LogP contribution in [-0.4, -0.2) is 28.3 Å². The number of anilines is 1. The number of carbonyl (C=O) groups is 2. The number of esters is 1. The van der Waals surface area contributed by atoms with Crippen molar-refractivity contribution in [3.63, 3.8) is 0 Å². The van der Waals surface area contributed by atoms with Gasteiger partial charge < -0.3 is 10.1 Å². The molecule has 0 bridgehead atoms. The third kappa shape index (κ3) is 6.65. The highest BCUT2D eigenvalue weighted by atomic mass is 16.5. The zero-order chi connectivity index (χ0) is 23.8. The third-order valence-corrected chi connectivity index (χ3v) is 5.14. The normalized spacial score (nSPS) is 10.7. The molecule has 0 aliphatic carbocycles. The molecule has 0 atom stereocenters. The molecule has 3 aromatic rings. The van der Waals surface area contributed by atoms with Gasteiger partial charge in [0.15, 0.2) is 6.61 Å². The van der Waals surface area contributed by atoms with Crippen molar-refractivity contribution in [2.75, 3.05) is 11.9 Å². The SMILES string of the molecule is Cc1ccc(Cn2nc(C)c(/C=C/C(=O)OCC(=O)Nc3ccc(CC#N)cc3)c2C)cc1. The number of carbonyl (C=O) groups excluding carboxylic acids is 2. The van der Waals surface area contributed by atoms with E-state index in [-0.39, 0.29) is 0 Å². The number of amides is 1. The minimum Gasteiger partial charge on any atom is -0.452 e. The summed E-state index contributed by atoms with van der Waals surface area (Å²) in [7, 11) is 0. The van der Waals surface area contributed by atoms with Crippen molar-refractivity contribution in [1.82, 2.24) is 9.78 Å². The van der Waals surface area contributed by atoms with E-state index in [1.807, 2.05) is 25.5 Å². The summed E-state index contributed by atoms with van der Waals surface area (Å²) < 4.78 is 6.95. The molecule has 0 saturated heterocycles. The Morgan fingerprint density at radius 2 is 1.73 bits per heavy atom. The molecule has 1 N–H and O–H groups in total. The van der Waals surface area contributed by atoms with Gasteiger partial charge >= 0.3 is 5.97 Å². The summed E-state index contributed by atoms with van der Waals surface area (Å²) in [4.78, 5) is 24.1. The number of aromatic nitrogens is 2. The molecule has 0 spiro atoms. The number of hydrogen-bond donors (Lipinski definition) is 1. The molecule has 0 aliphatic heterocycles. The van der Waals surface area contributed by atoms with E-state index in [1.54, 1.807) is 30.3 Å². The Hall–Kier alpha value is -4.18. The topological polar surface area (TPSA) is 97.0 Å². The number of nitrogens with zero attached hydrogens (tertiary/aromatic N) is 3. The largest absolute Gasteiger partial charge is 0.452 e. The van der Waals surface area contributed by atoms with Gasteiger partial charge in [-0.15, -0.1) is 0 Å². The van der Waals surface area contributed by atoms with E-state index in [9.17, 15) is 9.59 Å². The van der Waals surface area contributed by atoms with Crippen molar-refractivity contribution < 1.29 is 14.3 Å². The average Bonchev–Trinajstić information content (AvgIpc) is 3.06. The fourth-order valence-corrected chi connectivity index (χ4v) is 3.30. The molecule has 0 unspecified atom stereocenters. The van der Waals surface area contributed by atoms with Gasteiger partial charge in [0.1, 0.15) is 0 Å². The summed E-state index contributed by atoms with van der Waals surface area (Å²) in [5.74, 6) is -1.05. The molecular weight excluding hydrogens is 416 g/mol. The van der Waals surface area contributed by atoms with E-state index >= 15 is 0 Å². The van der Waals surface area contributed by atoms with Crippen LogP contribution in [0.4, 0.5) is 5.69 Å². The van der Waals surface area contributed by atoms with Crippen molar-refractivity contribution in [1.29, 1.82) is 5.26 Å². The van der Waals surface area contributed by atoms with Crippen LogP contribution in [-0.2, 0) is 27.3 Å². The lowest BCUT2D eigenvalue weighted by atomic mass is 10.1. The average molecular weight is 443 g/mol. The van der Waals surface area contributed by atoms with Crippen LogP contribution < -0.4 is 5.32 Å². The Morgan fingerprint density at radius 3 is 2.39 bits per heavy atom. The van der Waals surface area contributed by atoms with Crippen LogP contribution >= 0.6 is 0 Å². The highest BCUT2D eigenvalue weighted by molar-refractivity contribution is 5.94. The standard InChI is InChI=1S/C26H26N4O3/c1-18-4-6-22(7-5-18)16-30-20(3)24(19(2)29-30)12-13-26(32)33-17-25(31)28-23-10-8-21(9-11-23)14-15-27/h4-13H,14,16-17H2,1-3H3,(H,28,31)/b13-12+. The van der Waals surface area contributed by atoms with Gasteiger partial charge in [-0.25, -0.2) is 4.79 Å². The smallest absolute Gasteiger partial charge is 0.331 e. The van der Waals surface area contributed by atoms with Crippen LogP contribution in [0, 0.1) is 32.1 Å². The maximum Gasteiger partial charge on any atom is 0.331 e. The van der Waals surface area contributed by atoms with Crippen LogP contribution in [0.1, 0.15) is 33.6 Å². The van der Waals surface area contributed by atoms with E-state index in [0.29, 0.717) is 18.7 Å². The number of benzene rings is 2. The zero-order valence-corrected chi connectivity index (χ0v) is 19.0. The third-order valence-electron chi connectivity index (χ3n) is 5.14. The number of rotatable bonds is 8. The summed E-state index contributed by atoms with van der Waals surface area (Å²) in [6.07, 6.45) is 3.27. The second kappa shape index (κ2) is 10.9. The van der Waals surface area contributed by atoms with Crippen molar-refractivity contribution in [2.24, 2.45) is 0 Å². The van der Waals surface area contributed by atoms with Gasteiger partial charge in [-0.05, 0) is 50.1 Å². The van der Waals surface area contributed by atoms with E-state index < -0.39 is 18.5 Å². The summed E-state index contributed by atoms with van der Waals surface area (Å²) in [6.45, 7) is 6.14. The first-order valence-corrected chi connectivity index (χ1v) is 10.6. The second-order valence-corrected chi connectivity index (χ2v) is 7.75. The lowest BCUT2D eigenvalue weighted by molar-refractivity contribution is -0.142. The van der Waals surface area contributed by atoms with Crippen LogP contribution in [0.5, 0.6) is 0 Å². The van der Waals surface area contributed by atoms with Crippen LogP contribution in [0.15, 0.2) is 54.6 Å². The minimum atomic E-state index is -0.611. The molecule has 2 aromatic carbocycles. The van der Waals surface area contributed by atoms with Crippen LogP contribution in [0.2, 0.25) is 0 Å². The van der Waals surface area contributed by atoms with E-state index in [1.165, 1.54) is 11.6 Å². The summed E-state index contributed by atoms with van der Waals surface area (Å²) >= 11 is 0. The predicted molar refractivity (Wildman–Crippen MR) is 126 cm³/mol. The number of ether oxygens (including phenoxy) is 1. The number of hydrogen-bond acceptors (Lipinski definition) is 5. The molecule has 0 radical (unpaired) electrons. The Balaban J connectivity index is 1.53. The molecule has 1 heterocycles. The molecule has 0 fully saturated rings. The fourth-order valence-electron chi connectivity index (χ4n) is 3.30. The van der Waals surface area contributed by atoms with Gasteiger partial charge in [0.25, 0.3) is 5.91 Å². The Kier molecular flexibility index (Phi) is 7.77. The molecule has 7 nitrogen and oxygen atoms in total. The lowest BCUT2D eigenvalue weighted by Gasteiger charge is -2.06. The Bertz CT molecular complexity index is 1200. The second-order valence-electron chi connectivity index (χ2n) is 7.75. The van der Waals surface area contributed by atoms with Gasteiger partial charge in [-0.2, -0.15) is 10.4 Å². The molecule has 0 saturated carbocycles. The quantitative estimate of drug-likeness (QED) is 0.418. The molecule has 168 valence electrons. The maximum atomic E-state index is 12.1. The highest BCUT2D eigenvalue weighted by Gasteiger charge is 2.11. The molecular formula is C26H26N4O3. The first-order valence-electron chi connectivity index (χ1n) is 10.6. The van der Waals surface area contributed by atoms with E-state index in [2.05, 4.69) is 40.8 Å². The summed E-state index contributed by atoms with van der Waals surface area (Å²) in [6, 6.07) is 17.3. The molecule has 1 aromatic heterocycles. The minimum absolute atomic E-state index is 0.308. The van der Waals surface area contributed by atoms with Gasteiger partial charge in [-0.1, -0.05) is 42.0 Å². The fraction of sp³-hybridized carbons (Fsp3) is 0.231. The van der Waals surface area contributed by atoms with Gasteiger partial charge in [0.2, 0.25) is 0 Å². The van der Waals surface area contributed by atoms with Gasteiger partial charge in [0.05, 0.1) is 24.7 Å². The molecule has 3 rings (SSSR count). The molecule has 7 heteroatoms. The molecule has 1 amide bonds. The number of nitriles is 1. The maximum absolute atomic E-state index is 12.1. The van der Waals surface area contributed by atoms with Crippen molar-refractivity contribution >= 4 is 23.6 Å². The summed E-state index contributed by atoms with van der Waals surface area (Å²) in [5.41, 5.74) is 6.38. The van der Waals surface area contributed by atoms with Gasteiger partial charge in [-0.3, -0.25) is 9.48 Å². The Labute approximate surface area is 193 Å². The van der Waals surface area contributed by atoms with Crippen molar-refractivity contribution in [3.8, 4) is 6.07 Å². The highest BCUT2D eigenvalue weighted by Crippen LogP contribution is 2.17. The monoisotopic (exact) mass is 442 g/mol. The van der Waals surface area contributed by atoms with Gasteiger partial charge in [0, 0.05) is 23.0 Å². The summed E-state index contributed by atoms with van der Waals surface area (Å²) in [5, 5.41) is 15.9. The van der Waals surface area contributed by atoms with Crippen LogP contribution in [0.3, 0.4) is 0 Å². The first-order chi connectivity index (χ1) is 15.9. The molecule has 0 aliphatic rings. The number of aryl methyl sites for hydroxylation is 2. The molecule has 33 heavy (non-hydrogen) atoms. The van der Waals surface area contributed by atoms with E-state index in [4.69, 9.17) is 10.00 Å².